The van der Waals surface area contributed by atoms with Crippen LogP contribution in [0.15, 0.2) is 36.4 Å². The molecule has 1 atom stereocenters. The first-order valence-electron chi connectivity index (χ1n) is 6.04. The lowest BCUT2D eigenvalue weighted by molar-refractivity contribution is -0.120. The first-order chi connectivity index (χ1) is 8.23. The summed E-state index contributed by atoms with van der Waals surface area (Å²) in [5.74, 6) is 1.16. The highest BCUT2D eigenvalue weighted by atomic mass is 16.5. The third-order valence-electron chi connectivity index (χ3n) is 3.53. The molecule has 0 aliphatic heterocycles. The van der Waals surface area contributed by atoms with Crippen LogP contribution in [0, 0.1) is 0 Å². The highest BCUT2D eigenvalue weighted by Crippen LogP contribution is 2.40. The smallest absolute Gasteiger partial charge is 0.147 e. The van der Waals surface area contributed by atoms with Crippen molar-refractivity contribution in [3.8, 4) is 5.75 Å². The third kappa shape index (κ3) is 1.99. The van der Waals surface area contributed by atoms with Crippen LogP contribution in [0.1, 0.15) is 31.7 Å². The summed E-state index contributed by atoms with van der Waals surface area (Å²) in [4.78, 5) is 12.2. The molecule has 1 aromatic rings. The number of carbonyl (C=O) groups excluding carboxylic acids is 1. The first kappa shape index (κ1) is 11.9. The molecule has 0 saturated heterocycles. The minimum atomic E-state index is -0.388. The van der Waals surface area contributed by atoms with Crippen molar-refractivity contribution in [1.82, 2.24) is 0 Å². The Morgan fingerprint density at radius 3 is 2.47 bits per heavy atom. The lowest BCUT2D eigenvalue weighted by atomic mass is 9.78. The molecule has 0 heterocycles. The normalized spacial score (nSPS) is 24.5. The van der Waals surface area contributed by atoms with Gasteiger partial charge in [0, 0.05) is 6.42 Å². The van der Waals surface area contributed by atoms with Crippen LogP contribution in [0.25, 0.3) is 0 Å². The molecule has 0 bridgehead atoms. The largest absolute Gasteiger partial charge is 0.497 e. The van der Waals surface area contributed by atoms with Crippen molar-refractivity contribution in [3.63, 3.8) is 0 Å². The van der Waals surface area contributed by atoms with Crippen LogP contribution >= 0.6 is 0 Å². The van der Waals surface area contributed by atoms with E-state index in [4.69, 9.17) is 4.74 Å². The lowest BCUT2D eigenvalue weighted by Gasteiger charge is -2.24. The number of Topliss-reactive ketones (excluding diaryl/α,β-unsaturated/α-hetero) is 1. The molecule has 2 rings (SSSR count). The van der Waals surface area contributed by atoms with Gasteiger partial charge >= 0.3 is 0 Å². The molecule has 0 aromatic heterocycles. The average Bonchev–Trinajstić information content (AvgIpc) is 2.73. The fourth-order valence-corrected chi connectivity index (χ4v) is 2.64. The molecular formula is C15H18O2. The summed E-state index contributed by atoms with van der Waals surface area (Å²) >= 11 is 0. The van der Waals surface area contributed by atoms with Crippen LogP contribution in [0.3, 0.4) is 0 Å². The molecule has 17 heavy (non-hydrogen) atoms. The number of ketones is 1. The van der Waals surface area contributed by atoms with E-state index in [1.165, 1.54) is 0 Å². The van der Waals surface area contributed by atoms with Gasteiger partial charge in [-0.1, -0.05) is 24.3 Å². The number of methoxy groups -OCH3 is 1. The van der Waals surface area contributed by atoms with E-state index in [0.29, 0.717) is 12.2 Å². The van der Waals surface area contributed by atoms with E-state index >= 15 is 0 Å². The Labute approximate surface area is 102 Å². The van der Waals surface area contributed by atoms with Crippen molar-refractivity contribution < 1.29 is 9.53 Å². The van der Waals surface area contributed by atoms with Crippen LogP contribution in [-0.2, 0) is 10.2 Å². The minimum absolute atomic E-state index is 0.334. The van der Waals surface area contributed by atoms with E-state index in [1.54, 1.807) is 7.11 Å². The molecule has 90 valence electrons. The number of allylic oxidation sites excluding steroid dienone is 2. The summed E-state index contributed by atoms with van der Waals surface area (Å²) in [7, 11) is 1.65. The summed E-state index contributed by atoms with van der Waals surface area (Å²) < 4.78 is 5.15. The topological polar surface area (TPSA) is 26.3 Å². The van der Waals surface area contributed by atoms with Crippen molar-refractivity contribution >= 4 is 5.78 Å². The number of ether oxygens (including phenoxy) is 1. The van der Waals surface area contributed by atoms with Gasteiger partial charge in [-0.3, -0.25) is 4.79 Å². The summed E-state index contributed by atoms with van der Waals surface area (Å²) in [5, 5.41) is 0. The maximum atomic E-state index is 12.2. The maximum Gasteiger partial charge on any atom is 0.147 e. The Hall–Kier alpha value is -1.57. The Balaban J connectivity index is 2.42. The first-order valence-corrected chi connectivity index (χ1v) is 6.04. The molecule has 0 amide bonds. The molecule has 2 nitrogen and oxygen atoms in total. The van der Waals surface area contributed by atoms with Crippen LogP contribution in [-0.4, -0.2) is 12.9 Å². The standard InChI is InChI=1S/C15H18O2/c1-3-10-15(11-4-5-14(15)16)12-6-8-13(17-2)9-7-12/h3,6-10H,4-5,11H2,1-2H3/b10-3+/t15-/m1/s1. The molecule has 1 aromatic carbocycles. The number of carbonyl (C=O) groups is 1. The van der Waals surface area contributed by atoms with E-state index < -0.39 is 0 Å². The van der Waals surface area contributed by atoms with Crippen LogP contribution in [0.5, 0.6) is 5.75 Å². The van der Waals surface area contributed by atoms with Gasteiger partial charge in [0.1, 0.15) is 11.5 Å². The summed E-state index contributed by atoms with van der Waals surface area (Å²) in [5.41, 5.74) is 0.694. The van der Waals surface area contributed by atoms with E-state index in [0.717, 1.165) is 24.2 Å². The summed E-state index contributed by atoms with van der Waals surface area (Å²) in [6.07, 6.45) is 6.62. The van der Waals surface area contributed by atoms with E-state index in [-0.39, 0.29) is 5.41 Å². The molecular weight excluding hydrogens is 212 g/mol. The third-order valence-corrected chi connectivity index (χ3v) is 3.53. The van der Waals surface area contributed by atoms with Crippen molar-refractivity contribution in [2.45, 2.75) is 31.6 Å². The fraction of sp³-hybridized carbons (Fsp3) is 0.400. The van der Waals surface area contributed by atoms with Gasteiger partial charge in [0.15, 0.2) is 0 Å². The molecule has 1 saturated carbocycles. The van der Waals surface area contributed by atoms with E-state index in [2.05, 4.69) is 0 Å². The molecule has 0 N–H and O–H groups in total. The Bertz CT molecular complexity index is 431. The van der Waals surface area contributed by atoms with Crippen LogP contribution < -0.4 is 4.74 Å². The number of hydrogen-bond acceptors (Lipinski definition) is 2. The van der Waals surface area contributed by atoms with Gasteiger partial charge < -0.3 is 4.74 Å². The highest BCUT2D eigenvalue weighted by molar-refractivity contribution is 5.94. The zero-order chi connectivity index (χ0) is 12.3. The second-order valence-electron chi connectivity index (χ2n) is 4.48. The molecule has 1 aliphatic rings. The SMILES string of the molecule is C/C=C/[C@]1(c2ccc(OC)cc2)CCCC1=O. The van der Waals surface area contributed by atoms with Crippen molar-refractivity contribution in [1.29, 1.82) is 0 Å². The lowest BCUT2D eigenvalue weighted by Crippen LogP contribution is -2.28. The Morgan fingerprint density at radius 1 is 1.29 bits per heavy atom. The van der Waals surface area contributed by atoms with Gasteiger partial charge in [0.25, 0.3) is 0 Å². The average molecular weight is 230 g/mol. The zero-order valence-electron chi connectivity index (χ0n) is 10.4. The predicted octanol–water partition coefficient (Wildman–Crippen LogP) is 3.26. The summed E-state index contributed by atoms with van der Waals surface area (Å²) in [6, 6.07) is 7.85. The van der Waals surface area contributed by atoms with Crippen molar-refractivity contribution in [2.75, 3.05) is 7.11 Å². The van der Waals surface area contributed by atoms with Gasteiger partial charge in [-0.05, 0) is 37.5 Å². The van der Waals surface area contributed by atoms with Crippen LogP contribution in [0.4, 0.5) is 0 Å². The van der Waals surface area contributed by atoms with Gasteiger partial charge in [-0.25, -0.2) is 0 Å². The molecule has 1 aliphatic carbocycles. The van der Waals surface area contributed by atoms with Crippen molar-refractivity contribution in [3.05, 3.63) is 42.0 Å². The molecule has 2 heteroatoms. The Kier molecular flexibility index (Phi) is 3.32. The quantitative estimate of drug-likeness (QED) is 0.745. The Morgan fingerprint density at radius 2 is 2.00 bits per heavy atom. The van der Waals surface area contributed by atoms with Crippen molar-refractivity contribution in [2.24, 2.45) is 0 Å². The number of rotatable bonds is 3. The van der Waals surface area contributed by atoms with Gasteiger partial charge in [-0.15, -0.1) is 0 Å². The second kappa shape index (κ2) is 4.74. The predicted molar refractivity (Wildman–Crippen MR) is 68.3 cm³/mol. The van der Waals surface area contributed by atoms with Gasteiger partial charge in [-0.2, -0.15) is 0 Å². The number of benzene rings is 1. The fourth-order valence-electron chi connectivity index (χ4n) is 2.64. The second-order valence-corrected chi connectivity index (χ2v) is 4.48. The minimum Gasteiger partial charge on any atom is -0.497 e. The molecule has 0 radical (unpaired) electrons. The van der Waals surface area contributed by atoms with E-state index in [1.807, 2.05) is 43.3 Å². The monoisotopic (exact) mass is 230 g/mol. The molecule has 0 unspecified atom stereocenters. The van der Waals surface area contributed by atoms with Gasteiger partial charge in [0.2, 0.25) is 0 Å². The van der Waals surface area contributed by atoms with Crippen LogP contribution in [0.2, 0.25) is 0 Å². The molecule has 1 fully saturated rings. The maximum absolute atomic E-state index is 12.2. The van der Waals surface area contributed by atoms with Gasteiger partial charge in [0.05, 0.1) is 12.5 Å². The zero-order valence-corrected chi connectivity index (χ0v) is 10.4. The van der Waals surface area contributed by atoms with E-state index in [9.17, 15) is 4.79 Å². The summed E-state index contributed by atoms with van der Waals surface area (Å²) in [6.45, 7) is 1.97. The highest BCUT2D eigenvalue weighted by Gasteiger charge is 2.40. The molecule has 0 spiro atoms. The number of hydrogen-bond donors (Lipinski definition) is 0.